The third-order valence-corrected chi connectivity index (χ3v) is 5.37. The minimum Gasteiger partial charge on any atom is -0.496 e. The number of nitrogens with one attached hydrogen (secondary N) is 1. The molecule has 3 heterocycles. The number of fused-ring (bicyclic) bond motifs is 1. The molecule has 0 bridgehead atoms. The van der Waals surface area contributed by atoms with Crippen molar-refractivity contribution in [3.63, 3.8) is 0 Å². The Bertz CT molecular complexity index is 746. The minimum absolute atomic E-state index is 0.165. The van der Waals surface area contributed by atoms with Gasteiger partial charge in [-0.2, -0.15) is 0 Å². The second kappa shape index (κ2) is 7.51. The maximum atomic E-state index is 12.1. The highest BCUT2D eigenvalue weighted by molar-refractivity contribution is 5.91. The molecule has 0 spiro atoms. The molecule has 138 valence electrons. The Morgan fingerprint density at radius 3 is 2.96 bits per heavy atom. The first kappa shape index (κ1) is 17.1. The summed E-state index contributed by atoms with van der Waals surface area (Å²) in [5, 5.41) is 2.97. The Balaban J connectivity index is 1.33. The summed E-state index contributed by atoms with van der Waals surface area (Å²) in [6.07, 6.45) is 1.76. The number of carbonyl (C=O) groups excluding carboxylic acids is 1. The van der Waals surface area contributed by atoms with Crippen molar-refractivity contribution >= 4 is 5.91 Å². The van der Waals surface area contributed by atoms with Crippen molar-refractivity contribution in [2.24, 2.45) is 11.8 Å². The smallest absolute Gasteiger partial charge is 0.286 e. The Labute approximate surface area is 153 Å². The fraction of sp³-hybridized carbons (Fsp3) is 0.450. The van der Waals surface area contributed by atoms with Crippen molar-refractivity contribution in [3.8, 4) is 5.75 Å². The number of furan rings is 1. The van der Waals surface area contributed by atoms with E-state index in [1.807, 2.05) is 18.2 Å². The molecule has 0 aliphatic carbocycles. The Kier molecular flexibility index (Phi) is 4.95. The number of amides is 1. The van der Waals surface area contributed by atoms with E-state index in [9.17, 15) is 4.79 Å². The molecule has 1 aromatic heterocycles. The maximum Gasteiger partial charge on any atom is 0.286 e. The van der Waals surface area contributed by atoms with Crippen LogP contribution in [0.3, 0.4) is 0 Å². The maximum absolute atomic E-state index is 12.1. The predicted octanol–water partition coefficient (Wildman–Crippen LogP) is 2.17. The normalized spacial score (nSPS) is 25.2. The average molecular weight is 356 g/mol. The zero-order valence-corrected chi connectivity index (χ0v) is 14.9. The highest BCUT2D eigenvalue weighted by Gasteiger charge is 2.43. The van der Waals surface area contributed by atoms with Crippen molar-refractivity contribution < 1.29 is 18.7 Å². The summed E-state index contributed by atoms with van der Waals surface area (Å²) in [4.78, 5) is 14.5. The number of ether oxygens (including phenoxy) is 2. The molecule has 2 fully saturated rings. The number of carbonyl (C=O) groups is 1. The first-order valence-corrected chi connectivity index (χ1v) is 9.02. The highest BCUT2D eigenvalue weighted by Crippen LogP contribution is 2.34. The Morgan fingerprint density at radius 1 is 1.27 bits per heavy atom. The number of rotatable bonds is 6. The average Bonchev–Trinajstić information content (AvgIpc) is 3.38. The van der Waals surface area contributed by atoms with Gasteiger partial charge in [-0.05, 0) is 18.2 Å². The predicted molar refractivity (Wildman–Crippen MR) is 96.0 cm³/mol. The molecular weight excluding hydrogens is 332 g/mol. The fourth-order valence-corrected chi connectivity index (χ4v) is 4.01. The minimum atomic E-state index is -0.165. The largest absolute Gasteiger partial charge is 0.496 e. The summed E-state index contributed by atoms with van der Waals surface area (Å²) in [7, 11) is 1.71. The molecule has 2 aromatic rings. The molecule has 2 aliphatic rings. The third kappa shape index (κ3) is 3.48. The van der Waals surface area contributed by atoms with Gasteiger partial charge in [-0.1, -0.05) is 18.2 Å². The van der Waals surface area contributed by atoms with Crippen LogP contribution >= 0.6 is 0 Å². The molecule has 2 saturated heterocycles. The summed E-state index contributed by atoms with van der Waals surface area (Å²) >= 11 is 0. The highest BCUT2D eigenvalue weighted by atomic mass is 16.5. The third-order valence-electron chi connectivity index (χ3n) is 5.37. The molecule has 6 nitrogen and oxygen atoms in total. The lowest BCUT2D eigenvalue weighted by molar-refractivity contribution is 0.0886. The van der Waals surface area contributed by atoms with E-state index in [4.69, 9.17) is 13.9 Å². The van der Waals surface area contributed by atoms with Crippen LogP contribution < -0.4 is 10.1 Å². The van der Waals surface area contributed by atoms with Crippen molar-refractivity contribution in [2.45, 2.75) is 12.6 Å². The van der Waals surface area contributed by atoms with E-state index < -0.39 is 0 Å². The Morgan fingerprint density at radius 2 is 2.15 bits per heavy atom. The van der Waals surface area contributed by atoms with E-state index in [0.717, 1.165) is 25.4 Å². The Hall–Kier alpha value is -2.31. The first-order valence-electron chi connectivity index (χ1n) is 9.02. The molecule has 6 heteroatoms. The summed E-state index contributed by atoms with van der Waals surface area (Å²) < 4.78 is 16.6. The molecule has 2 aliphatic heterocycles. The summed E-state index contributed by atoms with van der Waals surface area (Å²) in [5.74, 6) is 1.89. The molecule has 1 N–H and O–H groups in total. The molecule has 0 unspecified atom stereocenters. The molecule has 1 aromatic carbocycles. The van der Waals surface area contributed by atoms with Crippen LogP contribution in [0.5, 0.6) is 5.75 Å². The number of methoxy groups -OCH3 is 1. The molecule has 0 radical (unpaired) electrons. The van der Waals surface area contributed by atoms with E-state index in [0.29, 0.717) is 30.7 Å². The number of benzene rings is 1. The number of nitrogens with zero attached hydrogens (tertiary/aromatic N) is 1. The van der Waals surface area contributed by atoms with E-state index >= 15 is 0 Å². The van der Waals surface area contributed by atoms with Crippen molar-refractivity contribution in [3.05, 3.63) is 54.0 Å². The SMILES string of the molecule is COc1ccccc1CN1C[C@@H]2[C@@H](CNC(=O)c3ccco3)CO[C@@H]2C1. The van der Waals surface area contributed by atoms with Crippen molar-refractivity contribution in [1.29, 1.82) is 0 Å². The van der Waals surface area contributed by atoms with E-state index in [1.54, 1.807) is 19.2 Å². The lowest BCUT2D eigenvalue weighted by Gasteiger charge is -2.20. The van der Waals surface area contributed by atoms with E-state index in [-0.39, 0.29) is 12.0 Å². The van der Waals surface area contributed by atoms with Gasteiger partial charge in [-0.25, -0.2) is 0 Å². The number of hydrogen-bond acceptors (Lipinski definition) is 5. The second-order valence-electron chi connectivity index (χ2n) is 6.99. The van der Waals surface area contributed by atoms with E-state index in [1.165, 1.54) is 11.8 Å². The summed E-state index contributed by atoms with van der Waals surface area (Å²) in [5.41, 5.74) is 1.19. The molecule has 0 saturated carbocycles. The van der Waals surface area contributed by atoms with Gasteiger partial charge in [0, 0.05) is 43.6 Å². The molecule has 26 heavy (non-hydrogen) atoms. The van der Waals surface area contributed by atoms with Gasteiger partial charge in [0.15, 0.2) is 5.76 Å². The van der Waals surface area contributed by atoms with Crippen LogP contribution in [0, 0.1) is 11.8 Å². The monoisotopic (exact) mass is 356 g/mol. The van der Waals surface area contributed by atoms with Crippen LogP contribution in [0.1, 0.15) is 16.1 Å². The van der Waals surface area contributed by atoms with Gasteiger partial charge in [0.05, 0.1) is 26.1 Å². The fourth-order valence-electron chi connectivity index (χ4n) is 4.01. The van der Waals surface area contributed by atoms with Crippen molar-refractivity contribution in [2.75, 3.05) is 33.4 Å². The number of likely N-dealkylation sites (tertiary alicyclic amines) is 1. The molecule has 1 amide bonds. The van der Waals surface area contributed by atoms with Crippen LogP contribution in [-0.4, -0.2) is 50.3 Å². The molecular formula is C20H24N2O4. The lowest BCUT2D eigenvalue weighted by atomic mass is 9.93. The van der Waals surface area contributed by atoms with Gasteiger partial charge in [0.1, 0.15) is 5.75 Å². The zero-order valence-electron chi connectivity index (χ0n) is 14.9. The van der Waals surface area contributed by atoms with Crippen molar-refractivity contribution in [1.82, 2.24) is 10.2 Å². The van der Waals surface area contributed by atoms with Crippen LogP contribution in [-0.2, 0) is 11.3 Å². The van der Waals surface area contributed by atoms with Crippen LogP contribution in [0.4, 0.5) is 0 Å². The second-order valence-corrected chi connectivity index (χ2v) is 6.99. The topological polar surface area (TPSA) is 63.9 Å². The van der Waals surface area contributed by atoms with E-state index in [2.05, 4.69) is 16.3 Å². The number of para-hydroxylation sites is 1. The van der Waals surface area contributed by atoms with Gasteiger partial charge in [0.25, 0.3) is 5.91 Å². The standard InChI is InChI=1S/C20H24N2O4/c1-24-17-6-3-2-5-14(17)10-22-11-16-15(13-26-19(16)12-22)9-21-20(23)18-7-4-8-25-18/h2-8,15-16,19H,9-13H2,1H3,(H,21,23)/t15-,16+,19+/m0/s1. The summed E-state index contributed by atoms with van der Waals surface area (Å²) in [6.45, 7) is 4.07. The van der Waals surface area contributed by atoms with Gasteiger partial charge < -0.3 is 19.2 Å². The summed E-state index contributed by atoms with van der Waals surface area (Å²) in [6, 6.07) is 11.5. The van der Waals surface area contributed by atoms with Gasteiger partial charge >= 0.3 is 0 Å². The zero-order chi connectivity index (χ0) is 17.9. The van der Waals surface area contributed by atoms with Gasteiger partial charge in [0.2, 0.25) is 0 Å². The van der Waals surface area contributed by atoms with Crippen LogP contribution in [0.15, 0.2) is 47.1 Å². The van der Waals surface area contributed by atoms with Crippen LogP contribution in [0.25, 0.3) is 0 Å². The van der Waals surface area contributed by atoms with Crippen LogP contribution in [0.2, 0.25) is 0 Å². The first-order chi connectivity index (χ1) is 12.7. The molecule has 4 rings (SSSR count). The van der Waals surface area contributed by atoms with Gasteiger partial charge in [-0.3, -0.25) is 9.69 Å². The molecule has 3 atom stereocenters. The quantitative estimate of drug-likeness (QED) is 0.859. The lowest BCUT2D eigenvalue weighted by Crippen LogP contribution is -2.34. The van der Waals surface area contributed by atoms with Gasteiger partial charge in [-0.15, -0.1) is 0 Å². The number of hydrogen-bond donors (Lipinski definition) is 1.